The van der Waals surface area contributed by atoms with Crippen LogP contribution in [0.25, 0.3) is 0 Å². The maximum absolute atomic E-state index is 11.5. The van der Waals surface area contributed by atoms with Crippen molar-refractivity contribution in [1.82, 2.24) is 0 Å². The molecule has 0 aromatic carbocycles. The van der Waals surface area contributed by atoms with Crippen LogP contribution < -0.4 is 0 Å². The normalized spacial score (nSPS) is 23.9. The van der Waals surface area contributed by atoms with E-state index in [-0.39, 0.29) is 9.65 Å². The summed E-state index contributed by atoms with van der Waals surface area (Å²) in [6, 6.07) is 0. The predicted molar refractivity (Wildman–Crippen MR) is 74.2 cm³/mol. The van der Waals surface area contributed by atoms with Crippen LogP contribution in [0, 0.1) is 0 Å². The van der Waals surface area contributed by atoms with Crippen molar-refractivity contribution in [2.75, 3.05) is 0 Å². The Morgan fingerprint density at radius 2 is 1.27 bits per heavy atom. The van der Waals surface area contributed by atoms with Gasteiger partial charge in [-0.25, -0.2) is 4.57 Å². The Morgan fingerprint density at radius 1 is 1.00 bits per heavy atom. The van der Waals surface area contributed by atoms with Gasteiger partial charge in [0.15, 0.2) is 0 Å². The number of phosphoric acid groups is 1. The maximum atomic E-state index is 11.5. The number of hydrogen-bond acceptors (Lipinski definition) is 3. The van der Waals surface area contributed by atoms with Crippen molar-refractivity contribution < 1.29 is 18.5 Å². The summed E-state index contributed by atoms with van der Waals surface area (Å²) in [7, 11) is -4.07. The molecule has 0 spiro atoms. The molecule has 0 aliphatic rings. The fourth-order valence-corrected chi connectivity index (χ4v) is 3.19. The second-order valence-electron chi connectivity index (χ2n) is 2.74. The van der Waals surface area contributed by atoms with Crippen LogP contribution in [-0.2, 0) is 13.6 Å². The van der Waals surface area contributed by atoms with Gasteiger partial charge >= 0.3 is 7.82 Å². The minimum atomic E-state index is -4.07. The lowest BCUT2D eigenvalue weighted by atomic mass is 10.5. The molecule has 4 unspecified atom stereocenters. The van der Waals surface area contributed by atoms with Crippen LogP contribution in [0.2, 0.25) is 0 Å². The molecule has 0 radical (unpaired) electrons. The summed E-state index contributed by atoms with van der Waals surface area (Å²) in [6.45, 7) is 3.55. The first-order chi connectivity index (χ1) is 6.65. The van der Waals surface area contributed by atoms with Crippen molar-refractivity contribution >= 4 is 71.5 Å². The molecule has 1 N–H and O–H groups in total. The van der Waals surface area contributed by atoms with Crippen molar-refractivity contribution in [3.63, 3.8) is 0 Å². The first-order valence-electron chi connectivity index (χ1n) is 3.91. The lowest BCUT2D eigenvalue weighted by Crippen LogP contribution is -2.18. The zero-order valence-electron chi connectivity index (χ0n) is 7.94. The Kier molecular flexibility index (Phi) is 8.47. The van der Waals surface area contributed by atoms with Crippen LogP contribution in [0.15, 0.2) is 0 Å². The smallest absolute Gasteiger partial charge is 0.302 e. The minimum absolute atomic E-state index is 0.114. The molecular weight excluding hydrogens is 487 g/mol. The van der Waals surface area contributed by atoms with Gasteiger partial charge in [-0.3, -0.25) is 9.05 Å². The Labute approximate surface area is 123 Å². The Balaban J connectivity index is 4.25. The Hall–Kier alpha value is 2.03. The average Bonchev–Trinajstić information content (AvgIpc) is 2.01. The summed E-state index contributed by atoms with van der Waals surface area (Å²) in [4.78, 5) is 9.13. The molecule has 0 heterocycles. The topological polar surface area (TPSA) is 55.8 Å². The zero-order valence-corrected chi connectivity index (χ0v) is 15.2. The molecule has 0 fully saturated rings. The fraction of sp³-hybridized carbons (Fsp3) is 1.00. The highest BCUT2D eigenvalue weighted by atomic mass is 79.9. The van der Waals surface area contributed by atoms with Crippen molar-refractivity contribution in [2.45, 2.75) is 33.5 Å². The van der Waals surface area contributed by atoms with Crippen LogP contribution in [0.3, 0.4) is 0 Å². The molecule has 0 aliphatic carbocycles. The number of halogens is 4. The van der Waals surface area contributed by atoms with Crippen LogP contribution in [-0.4, -0.2) is 24.6 Å². The van der Waals surface area contributed by atoms with E-state index in [2.05, 4.69) is 63.7 Å². The summed E-state index contributed by atoms with van der Waals surface area (Å²) in [5, 5.41) is -1.20. The standard InChI is InChI=1S/C6H11Br4O4P/c1-3(7)5(9)13-15(11,12)14-6(10)4(2)8/h3-6H,1-2H3,(H,11,12). The number of alkyl halides is 4. The monoisotopic (exact) mass is 494 g/mol. The lowest BCUT2D eigenvalue weighted by Gasteiger charge is -2.21. The van der Waals surface area contributed by atoms with E-state index in [1.807, 2.05) is 0 Å². The van der Waals surface area contributed by atoms with Gasteiger partial charge in [-0.05, 0) is 13.8 Å². The number of rotatable bonds is 6. The van der Waals surface area contributed by atoms with E-state index in [4.69, 9.17) is 9.05 Å². The van der Waals surface area contributed by atoms with Gasteiger partial charge in [-0.2, -0.15) is 0 Å². The Morgan fingerprint density at radius 3 is 1.47 bits per heavy atom. The second-order valence-corrected chi connectivity index (χ2v) is 8.79. The van der Waals surface area contributed by atoms with E-state index in [1.165, 1.54) is 0 Å². The van der Waals surface area contributed by atoms with E-state index in [0.29, 0.717) is 0 Å². The quantitative estimate of drug-likeness (QED) is 0.443. The molecule has 0 aliphatic heterocycles. The van der Waals surface area contributed by atoms with Crippen LogP contribution in [0.4, 0.5) is 0 Å². The molecule has 0 saturated carbocycles. The highest BCUT2D eigenvalue weighted by Crippen LogP contribution is 2.49. The average molecular weight is 498 g/mol. The van der Waals surface area contributed by atoms with E-state index < -0.39 is 17.8 Å². The highest BCUT2D eigenvalue weighted by Gasteiger charge is 2.31. The number of hydrogen-bond donors (Lipinski definition) is 1. The van der Waals surface area contributed by atoms with E-state index in [1.54, 1.807) is 13.8 Å². The number of phosphoric ester groups is 1. The van der Waals surface area contributed by atoms with Gasteiger partial charge < -0.3 is 4.89 Å². The van der Waals surface area contributed by atoms with E-state index >= 15 is 0 Å². The maximum Gasteiger partial charge on any atom is 0.474 e. The highest BCUT2D eigenvalue weighted by molar-refractivity contribution is 9.12. The first kappa shape index (κ1) is 17.0. The summed E-state index contributed by atoms with van der Waals surface area (Å²) in [6.07, 6.45) is 0. The van der Waals surface area contributed by atoms with Crippen LogP contribution >= 0.6 is 71.5 Å². The molecule has 0 aromatic rings. The van der Waals surface area contributed by atoms with Gasteiger partial charge in [-0.15, -0.1) is 0 Å². The van der Waals surface area contributed by atoms with Gasteiger partial charge in [0.1, 0.15) is 10.0 Å². The van der Waals surface area contributed by atoms with E-state index in [9.17, 15) is 9.46 Å². The third kappa shape index (κ3) is 7.86. The van der Waals surface area contributed by atoms with Gasteiger partial charge in [0, 0.05) is 9.65 Å². The van der Waals surface area contributed by atoms with Crippen molar-refractivity contribution in [1.29, 1.82) is 0 Å². The van der Waals surface area contributed by atoms with Crippen molar-refractivity contribution in [2.24, 2.45) is 0 Å². The molecule has 0 amide bonds. The Bertz CT molecular complexity index is 217. The molecule has 0 bridgehead atoms. The summed E-state index contributed by atoms with van der Waals surface area (Å²) in [5.74, 6) is 0. The minimum Gasteiger partial charge on any atom is -0.302 e. The lowest BCUT2D eigenvalue weighted by molar-refractivity contribution is 0.135. The van der Waals surface area contributed by atoms with Gasteiger partial charge in [0.05, 0.1) is 0 Å². The van der Waals surface area contributed by atoms with Crippen molar-refractivity contribution in [3.8, 4) is 0 Å². The molecule has 4 nitrogen and oxygen atoms in total. The second kappa shape index (κ2) is 7.46. The molecule has 0 aromatic heterocycles. The largest absolute Gasteiger partial charge is 0.474 e. The molecule has 92 valence electrons. The van der Waals surface area contributed by atoms with Crippen LogP contribution in [0.1, 0.15) is 13.8 Å². The SMILES string of the molecule is CC(Br)C(Br)OP(=O)(O)OC(Br)C(C)Br. The third-order valence-corrected chi connectivity index (χ3v) is 7.09. The molecule has 0 rings (SSSR count). The zero-order chi connectivity index (χ0) is 12.2. The molecule has 4 atom stereocenters. The van der Waals surface area contributed by atoms with Crippen molar-refractivity contribution in [3.05, 3.63) is 0 Å². The molecule has 15 heavy (non-hydrogen) atoms. The first-order valence-corrected chi connectivity index (χ1v) is 9.07. The molecule has 0 saturated heterocycles. The summed E-state index contributed by atoms with van der Waals surface area (Å²) < 4.78 is 21.1. The van der Waals surface area contributed by atoms with Gasteiger partial charge in [0.25, 0.3) is 0 Å². The summed E-state index contributed by atoms with van der Waals surface area (Å²) in [5.41, 5.74) is 0. The summed E-state index contributed by atoms with van der Waals surface area (Å²) >= 11 is 12.6. The third-order valence-electron chi connectivity index (χ3n) is 1.19. The van der Waals surface area contributed by atoms with E-state index in [0.717, 1.165) is 0 Å². The fourth-order valence-electron chi connectivity index (χ4n) is 0.447. The van der Waals surface area contributed by atoms with Gasteiger partial charge in [-0.1, -0.05) is 63.7 Å². The molecular formula is C6H11Br4O4P. The van der Waals surface area contributed by atoms with Gasteiger partial charge in [0.2, 0.25) is 0 Å². The predicted octanol–water partition coefficient (Wildman–Crippen LogP) is 4.13. The van der Waals surface area contributed by atoms with Crippen LogP contribution in [0.5, 0.6) is 0 Å². The molecule has 9 heteroatoms.